The van der Waals surface area contributed by atoms with Gasteiger partial charge in [0.15, 0.2) is 0 Å². The lowest BCUT2D eigenvalue weighted by Gasteiger charge is -2.17. The van der Waals surface area contributed by atoms with Gasteiger partial charge >= 0.3 is 7.60 Å². The third-order valence-electron chi connectivity index (χ3n) is 1.28. The zero-order valence-electron chi connectivity index (χ0n) is 6.96. The molecular formula is C6H12Br3O3P. The van der Waals surface area contributed by atoms with Gasteiger partial charge < -0.3 is 9.42 Å². The number of hydrogen-bond donors (Lipinski definition) is 1. The molecule has 0 radical (unpaired) electrons. The zero-order valence-corrected chi connectivity index (χ0v) is 12.6. The minimum absolute atomic E-state index is 0.152. The van der Waals surface area contributed by atoms with Crippen molar-refractivity contribution in [3.05, 3.63) is 0 Å². The normalized spacial score (nSPS) is 18.2. The van der Waals surface area contributed by atoms with Crippen LogP contribution in [0.15, 0.2) is 0 Å². The number of halogens is 3. The van der Waals surface area contributed by atoms with Crippen LogP contribution >= 0.6 is 55.4 Å². The van der Waals surface area contributed by atoms with E-state index in [9.17, 15) is 9.46 Å². The summed E-state index contributed by atoms with van der Waals surface area (Å²) in [4.78, 5) is 9.31. The SMILES string of the molecule is O=P(O)(CCBr)OC(CBr)CCBr. The van der Waals surface area contributed by atoms with Crippen LogP contribution in [0.4, 0.5) is 0 Å². The summed E-state index contributed by atoms with van der Waals surface area (Å²) in [5.41, 5.74) is 0. The molecule has 80 valence electrons. The van der Waals surface area contributed by atoms with Crippen molar-refractivity contribution in [2.45, 2.75) is 12.5 Å². The molecule has 7 heteroatoms. The Balaban J connectivity index is 3.97. The Morgan fingerprint density at radius 2 is 1.92 bits per heavy atom. The molecule has 2 unspecified atom stereocenters. The molecule has 0 aromatic carbocycles. The van der Waals surface area contributed by atoms with Gasteiger partial charge in [-0.1, -0.05) is 47.8 Å². The average molecular weight is 403 g/mol. The van der Waals surface area contributed by atoms with Gasteiger partial charge in [-0.05, 0) is 6.42 Å². The van der Waals surface area contributed by atoms with Crippen molar-refractivity contribution in [1.29, 1.82) is 0 Å². The topological polar surface area (TPSA) is 46.5 Å². The van der Waals surface area contributed by atoms with Crippen molar-refractivity contribution in [3.63, 3.8) is 0 Å². The van der Waals surface area contributed by atoms with Gasteiger partial charge in [0.05, 0.1) is 12.3 Å². The minimum Gasteiger partial charge on any atom is -0.324 e. The molecule has 0 aromatic rings. The molecule has 2 atom stereocenters. The van der Waals surface area contributed by atoms with Crippen LogP contribution in [0, 0.1) is 0 Å². The highest BCUT2D eigenvalue weighted by atomic mass is 79.9. The first-order valence-electron chi connectivity index (χ1n) is 3.74. The molecule has 13 heavy (non-hydrogen) atoms. The molecule has 0 heterocycles. The van der Waals surface area contributed by atoms with E-state index in [1.807, 2.05) is 0 Å². The number of rotatable bonds is 7. The monoisotopic (exact) mass is 400 g/mol. The highest BCUT2D eigenvalue weighted by Crippen LogP contribution is 2.43. The summed E-state index contributed by atoms with van der Waals surface area (Å²) >= 11 is 9.59. The first-order valence-corrected chi connectivity index (χ1v) is 8.86. The highest BCUT2D eigenvalue weighted by molar-refractivity contribution is 9.09. The van der Waals surface area contributed by atoms with Gasteiger partial charge in [0.1, 0.15) is 0 Å². The van der Waals surface area contributed by atoms with E-state index >= 15 is 0 Å². The van der Waals surface area contributed by atoms with E-state index in [-0.39, 0.29) is 12.3 Å². The summed E-state index contributed by atoms with van der Waals surface area (Å²) < 4.78 is 16.4. The maximum absolute atomic E-state index is 11.3. The summed E-state index contributed by atoms with van der Waals surface area (Å²) in [5.74, 6) is 0. The molecule has 0 spiro atoms. The van der Waals surface area contributed by atoms with E-state index in [1.165, 1.54) is 0 Å². The molecule has 0 bridgehead atoms. The van der Waals surface area contributed by atoms with Crippen molar-refractivity contribution in [3.8, 4) is 0 Å². The predicted octanol–water partition coefficient (Wildman–Crippen LogP) is 3.13. The third kappa shape index (κ3) is 7.51. The second kappa shape index (κ2) is 7.83. The standard InChI is InChI=1S/C6H12Br3O3P/c7-2-1-6(5-9)12-13(10,11)4-3-8/h6H,1-5H2,(H,10,11). The Hall–Kier alpha value is 1.59. The second-order valence-electron chi connectivity index (χ2n) is 2.41. The van der Waals surface area contributed by atoms with E-state index < -0.39 is 7.60 Å². The molecule has 0 aromatic heterocycles. The summed E-state index contributed by atoms with van der Waals surface area (Å²) in [6.07, 6.45) is 0.672. The summed E-state index contributed by atoms with van der Waals surface area (Å²) in [6.45, 7) is 0. The molecule has 0 aliphatic carbocycles. The van der Waals surface area contributed by atoms with Gasteiger partial charge in [0.25, 0.3) is 0 Å². The van der Waals surface area contributed by atoms with E-state index in [1.54, 1.807) is 0 Å². The fraction of sp³-hybridized carbons (Fsp3) is 1.00. The Morgan fingerprint density at radius 3 is 2.31 bits per heavy atom. The minimum atomic E-state index is -3.39. The molecule has 0 amide bonds. The number of hydrogen-bond acceptors (Lipinski definition) is 2. The van der Waals surface area contributed by atoms with E-state index in [0.29, 0.717) is 10.7 Å². The van der Waals surface area contributed by atoms with Crippen LogP contribution in [0.2, 0.25) is 0 Å². The second-order valence-corrected chi connectivity index (χ2v) is 6.58. The van der Waals surface area contributed by atoms with Gasteiger partial charge in [-0.3, -0.25) is 4.57 Å². The van der Waals surface area contributed by atoms with Gasteiger partial charge in [0.2, 0.25) is 0 Å². The van der Waals surface area contributed by atoms with Crippen molar-refractivity contribution in [1.82, 2.24) is 0 Å². The Bertz CT molecular complexity index is 179. The Kier molecular flexibility index (Phi) is 8.78. The largest absolute Gasteiger partial charge is 0.329 e. The third-order valence-corrected chi connectivity index (χ3v) is 4.89. The summed E-state index contributed by atoms with van der Waals surface area (Å²) in [7, 11) is -3.39. The van der Waals surface area contributed by atoms with Crippen molar-refractivity contribution < 1.29 is 14.0 Å². The molecule has 0 fully saturated rings. The van der Waals surface area contributed by atoms with Crippen LogP contribution in [-0.2, 0) is 9.09 Å². The van der Waals surface area contributed by atoms with Crippen LogP contribution < -0.4 is 0 Å². The van der Waals surface area contributed by atoms with Crippen LogP contribution in [0.25, 0.3) is 0 Å². The molecule has 1 N–H and O–H groups in total. The quantitative estimate of drug-likeness (QED) is 0.525. The summed E-state index contributed by atoms with van der Waals surface area (Å²) in [5, 5.41) is 1.81. The van der Waals surface area contributed by atoms with Crippen LogP contribution in [0.5, 0.6) is 0 Å². The van der Waals surface area contributed by atoms with E-state index in [4.69, 9.17) is 4.52 Å². The van der Waals surface area contributed by atoms with Crippen LogP contribution in [0.1, 0.15) is 6.42 Å². The van der Waals surface area contributed by atoms with Gasteiger partial charge in [0, 0.05) is 16.0 Å². The first-order chi connectivity index (χ1) is 6.05. The van der Waals surface area contributed by atoms with Crippen LogP contribution in [0.3, 0.4) is 0 Å². The fourth-order valence-corrected chi connectivity index (χ4v) is 4.15. The van der Waals surface area contributed by atoms with Crippen LogP contribution in [-0.4, -0.2) is 33.1 Å². The Labute approximate surface area is 104 Å². The van der Waals surface area contributed by atoms with E-state index in [2.05, 4.69) is 47.8 Å². The maximum Gasteiger partial charge on any atom is 0.329 e. The average Bonchev–Trinajstić information content (AvgIpc) is 2.03. The van der Waals surface area contributed by atoms with Gasteiger partial charge in [-0.25, -0.2) is 0 Å². The molecule has 0 aliphatic heterocycles. The lowest BCUT2D eigenvalue weighted by atomic mass is 10.3. The Morgan fingerprint density at radius 1 is 1.31 bits per heavy atom. The zero-order chi connectivity index (χ0) is 10.3. The molecule has 0 aliphatic rings. The lowest BCUT2D eigenvalue weighted by Crippen LogP contribution is -2.14. The van der Waals surface area contributed by atoms with Crippen molar-refractivity contribution >= 4 is 55.4 Å². The van der Waals surface area contributed by atoms with Gasteiger partial charge in [-0.15, -0.1) is 0 Å². The smallest absolute Gasteiger partial charge is 0.324 e. The maximum atomic E-state index is 11.3. The first kappa shape index (κ1) is 14.6. The lowest BCUT2D eigenvalue weighted by molar-refractivity contribution is 0.192. The van der Waals surface area contributed by atoms with Crippen molar-refractivity contribution in [2.24, 2.45) is 0 Å². The molecule has 0 saturated carbocycles. The number of alkyl halides is 3. The van der Waals surface area contributed by atoms with E-state index in [0.717, 1.165) is 11.8 Å². The highest BCUT2D eigenvalue weighted by Gasteiger charge is 2.23. The fourth-order valence-electron chi connectivity index (χ4n) is 0.672. The summed E-state index contributed by atoms with van der Waals surface area (Å²) in [6, 6.07) is 0. The van der Waals surface area contributed by atoms with Gasteiger partial charge in [-0.2, -0.15) is 0 Å². The predicted molar refractivity (Wildman–Crippen MR) is 65.6 cm³/mol. The molecule has 0 saturated heterocycles. The van der Waals surface area contributed by atoms with Crippen molar-refractivity contribution in [2.75, 3.05) is 22.2 Å². The molecular weight excluding hydrogens is 391 g/mol. The molecule has 3 nitrogen and oxygen atoms in total. The molecule has 0 rings (SSSR count).